The predicted octanol–water partition coefficient (Wildman–Crippen LogP) is 5.03. The molecule has 0 aliphatic carbocycles. The summed E-state index contributed by atoms with van der Waals surface area (Å²) in [6.45, 7) is 0. The van der Waals surface area contributed by atoms with Gasteiger partial charge in [-0.05, 0) is 48.6 Å². The topological polar surface area (TPSA) is 99.2 Å². The molecular formula is C22H16N4O3S. The molecule has 8 heteroatoms. The van der Waals surface area contributed by atoms with Crippen molar-refractivity contribution in [3.8, 4) is 17.4 Å². The standard InChI is InChI=1S/C22H16N4O3S/c27-19(24-25-22(30)23-14-8-2-1-3-9-14)17-12-6-7-13-18(17)26-20(28)15-10-4-5-11-16(15)21(26)29/h1-13,28-29H,(H,23,30). The Labute approximate surface area is 176 Å². The van der Waals surface area contributed by atoms with Crippen LogP contribution in [0.2, 0.25) is 0 Å². The van der Waals surface area contributed by atoms with Gasteiger partial charge in [-0.3, -0.25) is 4.79 Å². The summed E-state index contributed by atoms with van der Waals surface area (Å²) in [5.74, 6) is -1.03. The molecule has 3 N–H and O–H groups in total. The summed E-state index contributed by atoms with van der Waals surface area (Å²) < 4.78 is 1.20. The number of benzene rings is 3. The van der Waals surface area contributed by atoms with Gasteiger partial charge < -0.3 is 15.5 Å². The number of rotatable bonds is 3. The fourth-order valence-corrected chi connectivity index (χ4v) is 3.27. The normalized spacial score (nSPS) is 11.1. The van der Waals surface area contributed by atoms with Gasteiger partial charge in [-0.1, -0.05) is 42.5 Å². The van der Waals surface area contributed by atoms with Gasteiger partial charge in [0.2, 0.25) is 16.9 Å². The third kappa shape index (κ3) is 3.63. The molecule has 7 nitrogen and oxygen atoms in total. The van der Waals surface area contributed by atoms with Crippen molar-refractivity contribution in [1.82, 2.24) is 4.57 Å². The van der Waals surface area contributed by atoms with E-state index in [1.165, 1.54) is 10.6 Å². The average Bonchev–Trinajstić information content (AvgIpc) is 3.03. The second-order valence-corrected chi connectivity index (χ2v) is 6.73. The molecule has 0 unspecified atom stereocenters. The molecule has 0 bridgehead atoms. The number of amides is 1. The molecule has 1 amide bonds. The fraction of sp³-hybridized carbons (Fsp3) is 0. The van der Waals surface area contributed by atoms with E-state index < -0.39 is 5.91 Å². The second kappa shape index (κ2) is 8.14. The molecular weight excluding hydrogens is 400 g/mol. The Kier molecular flexibility index (Phi) is 5.23. The summed E-state index contributed by atoms with van der Waals surface area (Å²) in [5, 5.41) is 32.5. The minimum atomic E-state index is -0.667. The number of para-hydroxylation sites is 2. The van der Waals surface area contributed by atoms with Crippen LogP contribution in [-0.4, -0.2) is 25.8 Å². The SMILES string of the molecule is O=C(N=NC(=S)Nc1ccccc1)c1ccccc1-n1c(O)c2ccccc2c1O. The van der Waals surface area contributed by atoms with Crippen molar-refractivity contribution in [2.24, 2.45) is 10.2 Å². The zero-order valence-corrected chi connectivity index (χ0v) is 16.4. The fourth-order valence-electron chi connectivity index (χ4n) is 3.11. The molecule has 30 heavy (non-hydrogen) atoms. The van der Waals surface area contributed by atoms with E-state index in [1.54, 1.807) is 54.6 Å². The van der Waals surface area contributed by atoms with E-state index in [9.17, 15) is 15.0 Å². The number of nitrogens with zero attached hydrogens (tertiary/aromatic N) is 3. The number of carbonyl (C=O) groups excluding carboxylic acids is 1. The smallest absolute Gasteiger partial charge is 0.297 e. The highest BCUT2D eigenvalue weighted by atomic mass is 32.1. The number of aromatic nitrogens is 1. The summed E-state index contributed by atoms with van der Waals surface area (Å²) in [7, 11) is 0. The molecule has 4 aromatic rings. The number of anilines is 1. The van der Waals surface area contributed by atoms with Crippen LogP contribution >= 0.6 is 12.2 Å². The van der Waals surface area contributed by atoms with E-state index >= 15 is 0 Å². The highest BCUT2D eigenvalue weighted by molar-refractivity contribution is 7.80. The number of hydrogen-bond donors (Lipinski definition) is 3. The number of carbonyl (C=O) groups is 1. The lowest BCUT2D eigenvalue weighted by molar-refractivity contribution is 0.0995. The maximum absolute atomic E-state index is 12.7. The number of fused-ring (bicyclic) bond motifs is 1. The molecule has 0 aliphatic rings. The van der Waals surface area contributed by atoms with E-state index in [0.29, 0.717) is 10.8 Å². The Bertz CT molecular complexity index is 1240. The monoisotopic (exact) mass is 416 g/mol. The van der Waals surface area contributed by atoms with Crippen molar-refractivity contribution in [1.29, 1.82) is 0 Å². The van der Waals surface area contributed by atoms with Gasteiger partial charge in [-0.2, -0.15) is 0 Å². The van der Waals surface area contributed by atoms with Gasteiger partial charge in [0, 0.05) is 16.5 Å². The minimum Gasteiger partial charge on any atom is -0.494 e. The summed E-state index contributed by atoms with van der Waals surface area (Å²) in [5.41, 5.74) is 1.15. The Balaban J connectivity index is 1.66. The zero-order valence-electron chi connectivity index (χ0n) is 15.6. The minimum absolute atomic E-state index is 0.0319. The lowest BCUT2D eigenvalue weighted by Gasteiger charge is -2.10. The van der Waals surface area contributed by atoms with Crippen molar-refractivity contribution in [2.75, 3.05) is 5.32 Å². The summed E-state index contributed by atoms with van der Waals surface area (Å²) in [6, 6.07) is 22.5. The molecule has 1 heterocycles. The van der Waals surface area contributed by atoms with Gasteiger partial charge in [0.05, 0.1) is 11.3 Å². The van der Waals surface area contributed by atoms with Crippen LogP contribution in [-0.2, 0) is 0 Å². The first-order chi connectivity index (χ1) is 14.6. The highest BCUT2D eigenvalue weighted by Crippen LogP contribution is 2.39. The highest BCUT2D eigenvalue weighted by Gasteiger charge is 2.21. The molecule has 0 fully saturated rings. The molecule has 0 atom stereocenters. The van der Waals surface area contributed by atoms with E-state index in [2.05, 4.69) is 15.5 Å². The van der Waals surface area contributed by atoms with E-state index in [-0.39, 0.29) is 28.1 Å². The Hall–Kier alpha value is -4.04. The van der Waals surface area contributed by atoms with Crippen LogP contribution in [0, 0.1) is 0 Å². The first-order valence-electron chi connectivity index (χ1n) is 8.99. The van der Waals surface area contributed by atoms with Crippen LogP contribution in [0.5, 0.6) is 11.8 Å². The molecule has 4 rings (SSSR count). The second-order valence-electron chi connectivity index (χ2n) is 6.35. The van der Waals surface area contributed by atoms with Crippen molar-refractivity contribution in [2.45, 2.75) is 0 Å². The van der Waals surface area contributed by atoms with Gasteiger partial charge in [-0.15, -0.1) is 10.2 Å². The lowest BCUT2D eigenvalue weighted by Crippen LogP contribution is -2.07. The number of azo groups is 1. The summed E-state index contributed by atoms with van der Waals surface area (Å²) in [4.78, 5) is 12.7. The average molecular weight is 416 g/mol. The molecule has 1 aromatic heterocycles. The first kappa shape index (κ1) is 19.3. The molecule has 0 radical (unpaired) electrons. The van der Waals surface area contributed by atoms with Crippen LogP contribution in [0.1, 0.15) is 10.4 Å². The van der Waals surface area contributed by atoms with Gasteiger partial charge in [-0.25, -0.2) is 4.57 Å². The van der Waals surface area contributed by atoms with Crippen molar-refractivity contribution in [3.05, 3.63) is 84.4 Å². The quantitative estimate of drug-likeness (QED) is 0.321. The Morgan fingerprint density at radius 1 is 0.800 bits per heavy atom. The van der Waals surface area contributed by atoms with Crippen molar-refractivity contribution >= 4 is 39.7 Å². The molecule has 3 aromatic carbocycles. The van der Waals surface area contributed by atoms with Gasteiger partial charge in [0.15, 0.2) is 0 Å². The molecule has 0 spiro atoms. The number of hydrogen-bond acceptors (Lipinski definition) is 4. The number of thiocarbonyl (C=S) groups is 1. The number of aromatic hydroxyl groups is 2. The maximum Gasteiger partial charge on any atom is 0.297 e. The third-order valence-corrected chi connectivity index (χ3v) is 4.65. The number of nitrogens with one attached hydrogen (secondary N) is 1. The maximum atomic E-state index is 12.7. The Morgan fingerprint density at radius 2 is 1.37 bits per heavy atom. The molecule has 0 saturated carbocycles. The van der Waals surface area contributed by atoms with Gasteiger partial charge in [0.25, 0.3) is 5.91 Å². The lowest BCUT2D eigenvalue weighted by atomic mass is 10.1. The zero-order chi connectivity index (χ0) is 21.1. The van der Waals surface area contributed by atoms with E-state index in [0.717, 1.165) is 5.69 Å². The van der Waals surface area contributed by atoms with Crippen molar-refractivity contribution < 1.29 is 15.0 Å². The third-order valence-electron chi connectivity index (χ3n) is 4.46. The summed E-state index contributed by atoms with van der Waals surface area (Å²) in [6.07, 6.45) is 0. The van der Waals surface area contributed by atoms with Crippen LogP contribution in [0.4, 0.5) is 5.69 Å². The van der Waals surface area contributed by atoms with Gasteiger partial charge >= 0.3 is 0 Å². The van der Waals surface area contributed by atoms with Crippen LogP contribution in [0.3, 0.4) is 0 Å². The largest absolute Gasteiger partial charge is 0.494 e. The van der Waals surface area contributed by atoms with E-state index in [1.807, 2.05) is 18.2 Å². The van der Waals surface area contributed by atoms with Gasteiger partial charge in [0.1, 0.15) is 0 Å². The summed E-state index contributed by atoms with van der Waals surface area (Å²) >= 11 is 5.11. The molecule has 0 saturated heterocycles. The molecule has 148 valence electrons. The first-order valence-corrected chi connectivity index (χ1v) is 9.40. The van der Waals surface area contributed by atoms with Crippen LogP contribution in [0.25, 0.3) is 16.5 Å². The van der Waals surface area contributed by atoms with Crippen LogP contribution in [0.15, 0.2) is 89.1 Å². The Morgan fingerprint density at radius 3 is 2.03 bits per heavy atom. The van der Waals surface area contributed by atoms with Crippen molar-refractivity contribution in [3.63, 3.8) is 0 Å². The van der Waals surface area contributed by atoms with E-state index in [4.69, 9.17) is 12.2 Å². The predicted molar refractivity (Wildman–Crippen MR) is 118 cm³/mol. The van der Waals surface area contributed by atoms with Crippen LogP contribution < -0.4 is 5.32 Å². The molecule has 0 aliphatic heterocycles.